The molecule has 0 unspecified atom stereocenters. The number of hydrogen-bond donors (Lipinski definition) is 2. The van der Waals surface area contributed by atoms with Crippen LogP contribution in [0.25, 0.3) is 10.1 Å². The lowest BCUT2D eigenvalue weighted by Gasteiger charge is -2.22. The SMILES string of the molecule is Nc1c(C(=O)NC2CCOCC2)sc2cnccc12. The lowest BCUT2D eigenvalue weighted by molar-refractivity contribution is 0.0699. The summed E-state index contributed by atoms with van der Waals surface area (Å²) in [6.07, 6.45) is 5.14. The molecule has 19 heavy (non-hydrogen) atoms. The Morgan fingerprint density at radius 3 is 3.00 bits per heavy atom. The van der Waals surface area contributed by atoms with Crippen molar-refractivity contribution in [1.29, 1.82) is 0 Å². The molecule has 0 bridgehead atoms. The molecule has 6 heteroatoms. The van der Waals surface area contributed by atoms with Crippen LogP contribution in [0.15, 0.2) is 18.5 Å². The molecular weight excluding hydrogens is 262 g/mol. The van der Waals surface area contributed by atoms with Crippen molar-refractivity contribution in [2.75, 3.05) is 18.9 Å². The van der Waals surface area contributed by atoms with E-state index in [1.807, 2.05) is 6.07 Å². The largest absolute Gasteiger partial charge is 0.397 e. The van der Waals surface area contributed by atoms with Crippen LogP contribution in [0.5, 0.6) is 0 Å². The maximum Gasteiger partial charge on any atom is 0.263 e. The smallest absolute Gasteiger partial charge is 0.263 e. The van der Waals surface area contributed by atoms with Gasteiger partial charge in [0.2, 0.25) is 0 Å². The summed E-state index contributed by atoms with van der Waals surface area (Å²) in [6, 6.07) is 2.02. The van der Waals surface area contributed by atoms with Crippen molar-refractivity contribution in [3.8, 4) is 0 Å². The molecule has 0 saturated carbocycles. The van der Waals surface area contributed by atoms with Crippen LogP contribution >= 0.6 is 11.3 Å². The third-order valence-corrected chi connectivity index (χ3v) is 4.45. The number of carbonyl (C=O) groups is 1. The fourth-order valence-corrected chi connectivity index (χ4v) is 3.23. The van der Waals surface area contributed by atoms with Gasteiger partial charge in [0.25, 0.3) is 5.91 Å². The highest BCUT2D eigenvalue weighted by molar-refractivity contribution is 7.21. The van der Waals surface area contributed by atoms with E-state index >= 15 is 0 Å². The maximum absolute atomic E-state index is 12.3. The number of nitrogens with one attached hydrogen (secondary N) is 1. The van der Waals surface area contributed by atoms with E-state index in [1.165, 1.54) is 11.3 Å². The van der Waals surface area contributed by atoms with Crippen molar-refractivity contribution < 1.29 is 9.53 Å². The van der Waals surface area contributed by atoms with E-state index in [0.717, 1.165) is 22.9 Å². The van der Waals surface area contributed by atoms with E-state index in [-0.39, 0.29) is 11.9 Å². The second kappa shape index (κ2) is 5.14. The second-order valence-electron chi connectivity index (χ2n) is 4.58. The molecule has 0 aliphatic carbocycles. The van der Waals surface area contributed by atoms with Crippen LogP contribution in [0.4, 0.5) is 5.69 Å². The number of aromatic nitrogens is 1. The monoisotopic (exact) mass is 277 g/mol. The van der Waals surface area contributed by atoms with Gasteiger partial charge in [-0.2, -0.15) is 0 Å². The number of thiophene rings is 1. The van der Waals surface area contributed by atoms with Gasteiger partial charge in [-0.25, -0.2) is 0 Å². The van der Waals surface area contributed by atoms with E-state index in [9.17, 15) is 4.79 Å². The van der Waals surface area contributed by atoms with Crippen molar-refractivity contribution in [3.05, 3.63) is 23.3 Å². The number of ether oxygens (including phenoxy) is 1. The Hall–Kier alpha value is -1.66. The van der Waals surface area contributed by atoms with E-state index in [1.54, 1.807) is 12.4 Å². The number of amides is 1. The van der Waals surface area contributed by atoms with E-state index in [0.29, 0.717) is 23.8 Å². The molecule has 0 radical (unpaired) electrons. The molecule has 1 amide bonds. The summed E-state index contributed by atoms with van der Waals surface area (Å²) in [5.74, 6) is -0.0920. The van der Waals surface area contributed by atoms with Crippen molar-refractivity contribution in [2.24, 2.45) is 0 Å². The first-order chi connectivity index (χ1) is 9.25. The highest BCUT2D eigenvalue weighted by atomic mass is 32.1. The lowest BCUT2D eigenvalue weighted by atomic mass is 10.1. The van der Waals surface area contributed by atoms with Crippen LogP contribution in [-0.4, -0.2) is 30.1 Å². The normalized spacial score (nSPS) is 16.6. The average Bonchev–Trinajstić information content (AvgIpc) is 2.78. The number of fused-ring (bicyclic) bond motifs is 1. The Morgan fingerprint density at radius 1 is 1.47 bits per heavy atom. The first kappa shape index (κ1) is 12.4. The Bertz CT molecular complexity index is 605. The molecule has 0 atom stereocenters. The number of rotatable bonds is 2. The highest BCUT2D eigenvalue weighted by Gasteiger charge is 2.21. The number of hydrogen-bond acceptors (Lipinski definition) is 5. The van der Waals surface area contributed by atoms with Gasteiger partial charge in [-0.05, 0) is 18.9 Å². The predicted octanol–water partition coefficient (Wildman–Crippen LogP) is 1.79. The standard InChI is InChI=1S/C13H15N3O2S/c14-11-9-1-4-15-7-10(9)19-12(11)13(17)16-8-2-5-18-6-3-8/h1,4,7-8H,2-3,5-6,14H2,(H,16,17). The third-order valence-electron chi connectivity index (χ3n) is 3.29. The molecule has 3 rings (SSSR count). The van der Waals surface area contributed by atoms with Gasteiger partial charge in [-0.3, -0.25) is 9.78 Å². The zero-order valence-electron chi connectivity index (χ0n) is 10.4. The molecule has 1 aliphatic heterocycles. The molecule has 1 aliphatic rings. The molecule has 0 spiro atoms. The first-order valence-electron chi connectivity index (χ1n) is 6.26. The van der Waals surface area contributed by atoms with Gasteiger partial charge in [0.05, 0.1) is 10.4 Å². The summed E-state index contributed by atoms with van der Waals surface area (Å²) in [7, 11) is 0. The topological polar surface area (TPSA) is 77.2 Å². The van der Waals surface area contributed by atoms with Crippen molar-refractivity contribution in [2.45, 2.75) is 18.9 Å². The molecular formula is C13H15N3O2S. The minimum absolute atomic E-state index is 0.0920. The van der Waals surface area contributed by atoms with Crippen molar-refractivity contribution in [3.63, 3.8) is 0 Å². The van der Waals surface area contributed by atoms with Gasteiger partial charge in [0.15, 0.2) is 0 Å². The Labute approximate surface area is 114 Å². The van der Waals surface area contributed by atoms with Crippen LogP contribution in [-0.2, 0) is 4.74 Å². The van der Waals surface area contributed by atoms with Crippen molar-refractivity contribution in [1.82, 2.24) is 10.3 Å². The molecule has 0 aromatic carbocycles. The fourth-order valence-electron chi connectivity index (χ4n) is 2.23. The summed E-state index contributed by atoms with van der Waals surface area (Å²) in [6.45, 7) is 1.41. The number of nitrogens with zero attached hydrogens (tertiary/aromatic N) is 1. The number of pyridine rings is 1. The summed E-state index contributed by atoms with van der Waals surface area (Å²) in [5.41, 5.74) is 6.59. The summed E-state index contributed by atoms with van der Waals surface area (Å²) in [5, 5.41) is 3.93. The Kier molecular flexibility index (Phi) is 3.35. The highest BCUT2D eigenvalue weighted by Crippen LogP contribution is 2.32. The Morgan fingerprint density at radius 2 is 2.26 bits per heavy atom. The minimum atomic E-state index is -0.0920. The number of anilines is 1. The molecule has 100 valence electrons. The number of carbonyl (C=O) groups excluding carboxylic acids is 1. The molecule has 3 heterocycles. The van der Waals surface area contributed by atoms with Gasteiger partial charge >= 0.3 is 0 Å². The summed E-state index contributed by atoms with van der Waals surface area (Å²) in [4.78, 5) is 16.9. The van der Waals surface area contributed by atoms with E-state index < -0.39 is 0 Å². The van der Waals surface area contributed by atoms with Crippen LogP contribution in [0.1, 0.15) is 22.5 Å². The quantitative estimate of drug-likeness (QED) is 0.877. The van der Waals surface area contributed by atoms with Crippen molar-refractivity contribution >= 4 is 33.0 Å². The van der Waals surface area contributed by atoms with Crippen LogP contribution < -0.4 is 11.1 Å². The maximum atomic E-state index is 12.3. The van der Waals surface area contributed by atoms with Crippen LogP contribution in [0.3, 0.4) is 0 Å². The third kappa shape index (κ3) is 2.41. The van der Waals surface area contributed by atoms with Gasteiger partial charge in [-0.1, -0.05) is 0 Å². The van der Waals surface area contributed by atoms with Crippen LogP contribution in [0, 0.1) is 0 Å². The molecule has 3 N–H and O–H groups in total. The average molecular weight is 277 g/mol. The summed E-state index contributed by atoms with van der Waals surface area (Å²) < 4.78 is 6.22. The predicted molar refractivity (Wildman–Crippen MR) is 75.3 cm³/mol. The fraction of sp³-hybridized carbons (Fsp3) is 0.385. The minimum Gasteiger partial charge on any atom is -0.397 e. The Balaban J connectivity index is 1.83. The number of nitrogens with two attached hydrogens (primary N) is 1. The zero-order chi connectivity index (χ0) is 13.2. The van der Waals surface area contributed by atoms with Crippen LogP contribution in [0.2, 0.25) is 0 Å². The van der Waals surface area contributed by atoms with E-state index in [2.05, 4.69) is 10.3 Å². The van der Waals surface area contributed by atoms with Gasteiger partial charge in [-0.15, -0.1) is 11.3 Å². The molecule has 1 saturated heterocycles. The lowest BCUT2D eigenvalue weighted by Crippen LogP contribution is -2.38. The zero-order valence-corrected chi connectivity index (χ0v) is 11.2. The second-order valence-corrected chi connectivity index (χ2v) is 5.63. The molecule has 5 nitrogen and oxygen atoms in total. The van der Waals surface area contributed by atoms with Gasteiger partial charge in [0, 0.05) is 37.0 Å². The number of nitrogen functional groups attached to an aromatic ring is 1. The molecule has 1 fully saturated rings. The van der Waals surface area contributed by atoms with E-state index in [4.69, 9.17) is 10.5 Å². The molecule has 2 aromatic heterocycles. The van der Waals surface area contributed by atoms with Gasteiger partial charge in [0.1, 0.15) is 4.88 Å². The first-order valence-corrected chi connectivity index (χ1v) is 7.08. The van der Waals surface area contributed by atoms with Gasteiger partial charge < -0.3 is 15.8 Å². The molecule has 2 aromatic rings. The summed E-state index contributed by atoms with van der Waals surface area (Å²) >= 11 is 1.39.